The van der Waals surface area contributed by atoms with E-state index in [1.54, 1.807) is 24.5 Å². The van der Waals surface area contributed by atoms with Crippen LogP contribution in [0.4, 0.5) is 10.2 Å². The molecule has 1 saturated heterocycles. The first-order valence-corrected chi connectivity index (χ1v) is 10.8. The predicted octanol–water partition coefficient (Wildman–Crippen LogP) is 3.92. The van der Waals surface area contributed by atoms with Gasteiger partial charge in [0.05, 0.1) is 12.2 Å². The zero-order chi connectivity index (χ0) is 20.3. The molecule has 1 aliphatic heterocycles. The zero-order valence-electron chi connectivity index (χ0n) is 17.1. The van der Waals surface area contributed by atoms with Crippen molar-refractivity contribution in [2.45, 2.75) is 38.3 Å². The fraction of sp³-hybridized carbons (Fsp3) is 0.435. The molecule has 1 aliphatic carbocycles. The summed E-state index contributed by atoms with van der Waals surface area (Å²) in [5, 5.41) is 4.61. The Hall–Kier alpha value is -2.80. The van der Waals surface area contributed by atoms with Gasteiger partial charge in [0, 0.05) is 62.4 Å². The van der Waals surface area contributed by atoms with E-state index >= 15 is 0 Å². The van der Waals surface area contributed by atoms with E-state index in [2.05, 4.69) is 35.7 Å². The van der Waals surface area contributed by atoms with Gasteiger partial charge in [-0.05, 0) is 37.1 Å². The summed E-state index contributed by atoms with van der Waals surface area (Å²) in [6.07, 6.45) is 12.8. The van der Waals surface area contributed by atoms with Crippen LogP contribution in [0.15, 0.2) is 49.1 Å². The Morgan fingerprint density at radius 1 is 0.933 bits per heavy atom. The van der Waals surface area contributed by atoms with Gasteiger partial charge in [-0.15, -0.1) is 0 Å². The molecule has 2 aliphatic rings. The molecule has 3 heterocycles. The molecule has 0 N–H and O–H groups in total. The largest absolute Gasteiger partial charge is 0.352 e. The third-order valence-corrected chi connectivity index (χ3v) is 6.23. The molecule has 0 unspecified atom stereocenters. The number of hydrogen-bond donors (Lipinski definition) is 0. The van der Waals surface area contributed by atoms with Crippen molar-refractivity contribution < 1.29 is 4.39 Å². The van der Waals surface area contributed by atoms with E-state index in [1.165, 1.54) is 43.4 Å². The van der Waals surface area contributed by atoms with Crippen molar-refractivity contribution in [3.8, 4) is 11.3 Å². The van der Waals surface area contributed by atoms with E-state index in [0.717, 1.165) is 49.8 Å². The van der Waals surface area contributed by atoms with Crippen molar-refractivity contribution >= 4 is 5.82 Å². The van der Waals surface area contributed by atoms with E-state index in [1.807, 2.05) is 6.20 Å². The second-order valence-electron chi connectivity index (χ2n) is 8.27. The molecule has 0 radical (unpaired) electrons. The van der Waals surface area contributed by atoms with Crippen LogP contribution in [0.25, 0.3) is 11.3 Å². The Bertz CT molecular complexity index is 971. The van der Waals surface area contributed by atoms with E-state index < -0.39 is 0 Å². The maximum absolute atomic E-state index is 13.3. The van der Waals surface area contributed by atoms with Gasteiger partial charge in [-0.1, -0.05) is 12.8 Å². The average molecular weight is 407 g/mol. The van der Waals surface area contributed by atoms with Crippen molar-refractivity contribution in [3.05, 3.63) is 60.4 Å². The first kappa shape index (κ1) is 19.2. The predicted molar refractivity (Wildman–Crippen MR) is 115 cm³/mol. The number of halogens is 1. The maximum atomic E-state index is 13.3. The second kappa shape index (κ2) is 8.52. The molecule has 0 atom stereocenters. The third-order valence-electron chi connectivity index (χ3n) is 6.23. The van der Waals surface area contributed by atoms with Crippen LogP contribution in [0.5, 0.6) is 0 Å². The fourth-order valence-electron chi connectivity index (χ4n) is 4.58. The number of anilines is 1. The molecule has 0 amide bonds. The summed E-state index contributed by atoms with van der Waals surface area (Å²) in [4.78, 5) is 13.9. The summed E-state index contributed by atoms with van der Waals surface area (Å²) in [7, 11) is 0. The minimum Gasteiger partial charge on any atom is -0.352 e. The molecule has 0 spiro atoms. The first-order valence-electron chi connectivity index (χ1n) is 10.8. The molecular weight excluding hydrogens is 379 g/mol. The molecule has 2 aromatic heterocycles. The van der Waals surface area contributed by atoms with Gasteiger partial charge in [-0.2, -0.15) is 5.10 Å². The van der Waals surface area contributed by atoms with E-state index in [9.17, 15) is 4.39 Å². The van der Waals surface area contributed by atoms with Gasteiger partial charge in [-0.25, -0.2) is 9.37 Å². The van der Waals surface area contributed by atoms with Crippen LogP contribution in [-0.2, 0) is 6.54 Å². The molecule has 6 nitrogen and oxygen atoms in total. The quantitative estimate of drug-likeness (QED) is 0.643. The highest BCUT2D eigenvalue weighted by atomic mass is 19.1. The maximum Gasteiger partial charge on any atom is 0.155 e. The van der Waals surface area contributed by atoms with Crippen LogP contribution in [0.2, 0.25) is 0 Å². The van der Waals surface area contributed by atoms with Crippen LogP contribution in [-0.4, -0.2) is 50.8 Å². The number of nitrogens with zero attached hydrogens (tertiary/aromatic N) is 6. The molecule has 5 rings (SSSR count). The van der Waals surface area contributed by atoms with Crippen LogP contribution < -0.4 is 4.90 Å². The summed E-state index contributed by atoms with van der Waals surface area (Å²) >= 11 is 0. The molecule has 2 fully saturated rings. The Morgan fingerprint density at radius 3 is 2.43 bits per heavy atom. The summed E-state index contributed by atoms with van der Waals surface area (Å²) < 4.78 is 15.5. The Morgan fingerprint density at radius 2 is 1.67 bits per heavy atom. The average Bonchev–Trinajstić information content (AvgIpc) is 3.47. The van der Waals surface area contributed by atoms with Crippen molar-refractivity contribution in [1.29, 1.82) is 0 Å². The van der Waals surface area contributed by atoms with Crippen LogP contribution in [0.3, 0.4) is 0 Å². The van der Waals surface area contributed by atoms with Gasteiger partial charge in [0.1, 0.15) is 11.5 Å². The van der Waals surface area contributed by atoms with Gasteiger partial charge in [0.2, 0.25) is 0 Å². The molecule has 1 saturated carbocycles. The van der Waals surface area contributed by atoms with Crippen molar-refractivity contribution in [2.24, 2.45) is 0 Å². The zero-order valence-corrected chi connectivity index (χ0v) is 17.1. The Kier molecular flexibility index (Phi) is 5.45. The van der Waals surface area contributed by atoms with Crippen LogP contribution >= 0.6 is 0 Å². The Labute approximate surface area is 176 Å². The third kappa shape index (κ3) is 4.07. The first-order chi connectivity index (χ1) is 14.8. The summed E-state index contributed by atoms with van der Waals surface area (Å²) in [5.41, 5.74) is 2.99. The molecule has 0 bridgehead atoms. The number of aromatic nitrogens is 4. The number of rotatable bonds is 5. The topological polar surface area (TPSA) is 50.1 Å². The van der Waals surface area contributed by atoms with Crippen LogP contribution in [0, 0.1) is 5.82 Å². The molecule has 7 heteroatoms. The number of piperazine rings is 1. The lowest BCUT2D eigenvalue weighted by atomic mass is 10.1. The lowest BCUT2D eigenvalue weighted by molar-refractivity contribution is 0.249. The fourth-order valence-corrected chi connectivity index (χ4v) is 4.58. The smallest absolute Gasteiger partial charge is 0.155 e. The number of hydrogen-bond acceptors (Lipinski definition) is 5. The van der Waals surface area contributed by atoms with Gasteiger partial charge < -0.3 is 4.90 Å². The molecule has 156 valence electrons. The molecule has 30 heavy (non-hydrogen) atoms. The highest BCUT2D eigenvalue weighted by molar-refractivity contribution is 5.72. The van der Waals surface area contributed by atoms with Crippen molar-refractivity contribution in [1.82, 2.24) is 24.6 Å². The summed E-state index contributed by atoms with van der Waals surface area (Å²) in [6.45, 7) is 4.65. The van der Waals surface area contributed by atoms with Gasteiger partial charge in [-0.3, -0.25) is 14.6 Å². The second-order valence-corrected chi connectivity index (χ2v) is 8.27. The van der Waals surface area contributed by atoms with E-state index in [4.69, 9.17) is 0 Å². The molecule has 3 aromatic rings. The van der Waals surface area contributed by atoms with Crippen molar-refractivity contribution in [3.63, 3.8) is 0 Å². The highest BCUT2D eigenvalue weighted by Crippen LogP contribution is 2.30. The normalized spacial score (nSPS) is 18.2. The lowest BCUT2D eigenvalue weighted by Crippen LogP contribution is -2.46. The summed E-state index contributed by atoms with van der Waals surface area (Å²) in [5.74, 6) is 0.631. The molecular formula is C23H27FN6. The standard InChI is InChI=1S/C23H27FN6/c24-20-7-5-19(6-8-20)22-23(26-10-9-25-22)29-13-11-28(12-14-29)16-18-15-27-30(17-18)21-3-1-2-4-21/h5-10,15,17,21H,1-4,11-14,16H2. The van der Waals surface area contributed by atoms with Crippen molar-refractivity contribution in [2.75, 3.05) is 31.1 Å². The number of benzene rings is 1. The SMILES string of the molecule is Fc1ccc(-c2nccnc2N2CCN(Cc3cnn(C4CCCC4)c3)CC2)cc1. The monoisotopic (exact) mass is 406 g/mol. The summed E-state index contributed by atoms with van der Waals surface area (Å²) in [6, 6.07) is 7.06. The lowest BCUT2D eigenvalue weighted by Gasteiger charge is -2.35. The van der Waals surface area contributed by atoms with Gasteiger partial charge >= 0.3 is 0 Å². The Balaban J connectivity index is 1.23. The van der Waals surface area contributed by atoms with E-state index in [-0.39, 0.29) is 5.82 Å². The van der Waals surface area contributed by atoms with Gasteiger partial charge in [0.25, 0.3) is 0 Å². The van der Waals surface area contributed by atoms with Crippen LogP contribution in [0.1, 0.15) is 37.3 Å². The molecule has 1 aromatic carbocycles. The van der Waals surface area contributed by atoms with Gasteiger partial charge in [0.15, 0.2) is 5.82 Å². The minimum atomic E-state index is -0.242. The van der Waals surface area contributed by atoms with E-state index in [0.29, 0.717) is 6.04 Å². The minimum absolute atomic E-state index is 0.242. The highest BCUT2D eigenvalue weighted by Gasteiger charge is 2.23.